The second kappa shape index (κ2) is 5.35. The highest BCUT2D eigenvalue weighted by atomic mass is 15.3. The van der Waals surface area contributed by atoms with Gasteiger partial charge in [0.2, 0.25) is 0 Å². The van der Waals surface area contributed by atoms with Crippen LogP contribution in [0, 0.1) is 0 Å². The van der Waals surface area contributed by atoms with Gasteiger partial charge < -0.3 is 4.48 Å². The fourth-order valence-corrected chi connectivity index (χ4v) is 2.90. The van der Waals surface area contributed by atoms with E-state index in [4.69, 9.17) is 0 Å². The maximum Gasteiger partial charge on any atom is 0.0797 e. The Bertz CT molecular complexity index is 178. The fraction of sp³-hybridized carbons (Fsp3) is 1.00. The summed E-state index contributed by atoms with van der Waals surface area (Å²) in [5, 5.41) is 0. The molecule has 85 valence electrons. The van der Waals surface area contributed by atoms with Crippen molar-refractivity contribution in [2.45, 2.75) is 38.1 Å². The summed E-state index contributed by atoms with van der Waals surface area (Å²) in [4.78, 5) is 2.75. The number of quaternary nitrogens is 1. The zero-order chi connectivity index (χ0) is 10.0. The molecule has 2 saturated heterocycles. The van der Waals surface area contributed by atoms with Crippen molar-refractivity contribution in [2.75, 3.05) is 40.3 Å². The molecule has 0 aliphatic carbocycles. The molecule has 2 fully saturated rings. The first kappa shape index (κ1) is 13.1. The summed E-state index contributed by atoms with van der Waals surface area (Å²) in [7, 11) is 4.73. The molecule has 0 unspecified atom stereocenters. The normalized spacial score (nSPS) is 28.4. The largest absolute Gasteiger partial charge is 0.328 e. The summed E-state index contributed by atoms with van der Waals surface area (Å²) >= 11 is 0. The third-order valence-electron chi connectivity index (χ3n) is 4.04. The van der Waals surface area contributed by atoms with E-state index in [0.29, 0.717) is 0 Å². The second-order valence-corrected chi connectivity index (χ2v) is 5.71. The molecule has 0 saturated carbocycles. The quantitative estimate of drug-likeness (QED) is 0.464. The third-order valence-corrected chi connectivity index (χ3v) is 4.04. The van der Waals surface area contributed by atoms with Crippen LogP contribution in [-0.2, 0) is 0 Å². The lowest BCUT2D eigenvalue weighted by Gasteiger charge is -2.42. The Balaban J connectivity index is 0.00000112. The number of hydrogen-bond donors (Lipinski definition) is 0. The molecule has 0 amide bonds. The van der Waals surface area contributed by atoms with Crippen molar-refractivity contribution in [2.24, 2.45) is 0 Å². The van der Waals surface area contributed by atoms with Gasteiger partial charge in [-0.2, -0.15) is 0 Å². The Morgan fingerprint density at radius 2 is 1.47 bits per heavy atom. The highest BCUT2D eigenvalue weighted by Gasteiger charge is 2.30. The van der Waals surface area contributed by atoms with Gasteiger partial charge in [-0.15, -0.1) is 0 Å². The van der Waals surface area contributed by atoms with Crippen LogP contribution in [0.5, 0.6) is 0 Å². The topological polar surface area (TPSA) is 3.24 Å². The molecule has 0 atom stereocenters. The molecular formula is C12H25BN2+. The summed E-state index contributed by atoms with van der Waals surface area (Å²) < 4.78 is 1.24. The van der Waals surface area contributed by atoms with E-state index in [0.717, 1.165) is 6.04 Å². The number of hydrogen-bond acceptors (Lipinski definition) is 1. The van der Waals surface area contributed by atoms with Crippen molar-refractivity contribution >= 4 is 8.41 Å². The number of nitrogens with zero attached hydrogens (tertiary/aromatic N) is 2. The third kappa shape index (κ3) is 3.49. The van der Waals surface area contributed by atoms with Gasteiger partial charge in [0.15, 0.2) is 0 Å². The molecule has 2 rings (SSSR count). The lowest BCUT2D eigenvalue weighted by Crippen LogP contribution is -2.52. The highest BCUT2D eigenvalue weighted by Crippen LogP contribution is 2.22. The van der Waals surface area contributed by atoms with E-state index in [1.807, 2.05) is 0 Å². The molecule has 2 nitrogen and oxygen atoms in total. The van der Waals surface area contributed by atoms with E-state index in [-0.39, 0.29) is 8.41 Å². The lowest BCUT2D eigenvalue weighted by atomic mass is 9.99. The monoisotopic (exact) mass is 208 g/mol. The van der Waals surface area contributed by atoms with Crippen LogP contribution in [-0.4, -0.2) is 64.1 Å². The van der Waals surface area contributed by atoms with E-state index in [1.54, 1.807) is 0 Å². The van der Waals surface area contributed by atoms with Crippen molar-refractivity contribution in [3.63, 3.8) is 0 Å². The molecule has 2 heterocycles. The molecule has 2 aliphatic rings. The van der Waals surface area contributed by atoms with Gasteiger partial charge in [0.05, 0.1) is 27.2 Å². The first-order valence-corrected chi connectivity index (χ1v) is 6.23. The molecular weight excluding hydrogens is 183 g/mol. The number of likely N-dealkylation sites (tertiary alicyclic amines) is 2. The first-order valence-electron chi connectivity index (χ1n) is 6.23. The maximum atomic E-state index is 2.75. The van der Waals surface area contributed by atoms with Crippen molar-refractivity contribution in [3.8, 4) is 0 Å². The van der Waals surface area contributed by atoms with Crippen LogP contribution in [0.25, 0.3) is 0 Å². The van der Waals surface area contributed by atoms with E-state index >= 15 is 0 Å². The van der Waals surface area contributed by atoms with Crippen molar-refractivity contribution in [3.05, 3.63) is 0 Å². The lowest BCUT2D eigenvalue weighted by molar-refractivity contribution is -0.895. The molecule has 3 radical (unpaired) electrons. The Morgan fingerprint density at radius 1 is 0.933 bits per heavy atom. The van der Waals surface area contributed by atoms with Crippen molar-refractivity contribution in [1.82, 2.24) is 4.90 Å². The number of piperidine rings is 2. The maximum absolute atomic E-state index is 2.75. The minimum Gasteiger partial charge on any atom is -0.328 e. The predicted molar refractivity (Wildman–Crippen MR) is 66.0 cm³/mol. The van der Waals surface area contributed by atoms with Crippen LogP contribution in [0.4, 0.5) is 0 Å². The minimum atomic E-state index is 0. The highest BCUT2D eigenvalue weighted by molar-refractivity contribution is 5.75. The minimum absolute atomic E-state index is 0. The molecule has 0 aromatic heterocycles. The summed E-state index contributed by atoms with van der Waals surface area (Å²) in [6.45, 7) is 5.50. The van der Waals surface area contributed by atoms with Crippen LogP contribution in [0.15, 0.2) is 0 Å². The summed E-state index contributed by atoms with van der Waals surface area (Å²) in [6, 6.07) is 0.918. The predicted octanol–water partition coefficient (Wildman–Crippen LogP) is 1.33. The van der Waals surface area contributed by atoms with E-state index in [1.165, 1.54) is 62.8 Å². The molecule has 0 spiro atoms. The Hall–Kier alpha value is -0.0151. The van der Waals surface area contributed by atoms with Crippen LogP contribution >= 0.6 is 0 Å². The van der Waals surface area contributed by atoms with Crippen LogP contribution in [0.1, 0.15) is 32.1 Å². The van der Waals surface area contributed by atoms with E-state index < -0.39 is 0 Å². The summed E-state index contributed by atoms with van der Waals surface area (Å²) in [5.74, 6) is 0. The van der Waals surface area contributed by atoms with Gasteiger partial charge in [0.25, 0.3) is 0 Å². The van der Waals surface area contributed by atoms with Crippen molar-refractivity contribution < 1.29 is 4.48 Å². The molecule has 3 heteroatoms. The second-order valence-electron chi connectivity index (χ2n) is 5.71. The average molecular weight is 208 g/mol. The molecule has 0 aromatic rings. The van der Waals surface area contributed by atoms with Gasteiger partial charge >= 0.3 is 0 Å². The molecule has 0 N–H and O–H groups in total. The summed E-state index contributed by atoms with van der Waals surface area (Å²) in [6.07, 6.45) is 7.19. The van der Waals surface area contributed by atoms with Crippen LogP contribution < -0.4 is 0 Å². The van der Waals surface area contributed by atoms with Crippen LogP contribution in [0.2, 0.25) is 0 Å². The van der Waals surface area contributed by atoms with Gasteiger partial charge in [-0.3, -0.25) is 4.90 Å². The average Bonchev–Trinajstić information content (AvgIpc) is 2.19. The summed E-state index contributed by atoms with van der Waals surface area (Å²) in [5.41, 5.74) is 0. The zero-order valence-corrected chi connectivity index (χ0v) is 10.4. The smallest absolute Gasteiger partial charge is 0.0797 e. The van der Waals surface area contributed by atoms with E-state index in [2.05, 4.69) is 19.0 Å². The molecule has 2 aliphatic heterocycles. The van der Waals surface area contributed by atoms with E-state index in [9.17, 15) is 0 Å². The molecule has 0 bridgehead atoms. The Kier molecular flexibility index (Phi) is 4.66. The van der Waals surface area contributed by atoms with Crippen molar-refractivity contribution in [1.29, 1.82) is 0 Å². The SMILES string of the molecule is C[N+]1(C)CCC(N2CCCCC2)CC1.[B]. The fourth-order valence-electron chi connectivity index (χ4n) is 2.90. The van der Waals surface area contributed by atoms with Gasteiger partial charge in [0, 0.05) is 27.3 Å². The number of rotatable bonds is 1. The molecule has 15 heavy (non-hydrogen) atoms. The first-order chi connectivity index (χ1) is 6.67. The van der Waals surface area contributed by atoms with Gasteiger partial charge in [-0.25, -0.2) is 0 Å². The molecule has 0 aromatic carbocycles. The standard InChI is InChI=1S/C12H25N2.B/c1-14(2)10-6-12(7-11-14)13-8-4-3-5-9-13;/h12H,3-11H2,1-2H3;/q+1;. The Morgan fingerprint density at radius 3 is 2.00 bits per heavy atom. The van der Waals surface area contributed by atoms with Crippen LogP contribution in [0.3, 0.4) is 0 Å². The van der Waals surface area contributed by atoms with Gasteiger partial charge in [-0.1, -0.05) is 6.42 Å². The van der Waals surface area contributed by atoms with Gasteiger partial charge in [-0.05, 0) is 25.9 Å². The van der Waals surface area contributed by atoms with Gasteiger partial charge in [0.1, 0.15) is 0 Å². The zero-order valence-electron chi connectivity index (χ0n) is 10.4. The Labute approximate surface area is 96.8 Å².